The van der Waals surface area contributed by atoms with Crippen molar-refractivity contribution in [1.29, 1.82) is 0 Å². The fourth-order valence-corrected chi connectivity index (χ4v) is 3.17. The van der Waals surface area contributed by atoms with E-state index in [1.54, 1.807) is 6.92 Å². The highest BCUT2D eigenvalue weighted by molar-refractivity contribution is 6.33. The van der Waals surface area contributed by atoms with Crippen molar-refractivity contribution in [1.82, 2.24) is 24.9 Å². The maximum absolute atomic E-state index is 14.2. The van der Waals surface area contributed by atoms with E-state index in [-0.39, 0.29) is 40.3 Å². The largest absolute Gasteiger partial charge is 0.478 e. The molecule has 7 nitrogen and oxygen atoms in total. The monoisotopic (exact) mass is 453 g/mol. The van der Waals surface area contributed by atoms with Gasteiger partial charge in [0, 0.05) is 12.1 Å². The Balaban J connectivity index is 1.83. The summed E-state index contributed by atoms with van der Waals surface area (Å²) in [4.78, 5) is 7.68. The number of aromatic nitrogens is 5. The molecule has 0 saturated heterocycles. The Morgan fingerprint density at radius 2 is 2.00 bits per heavy atom. The predicted molar refractivity (Wildman–Crippen MR) is 101 cm³/mol. The van der Waals surface area contributed by atoms with Crippen LogP contribution in [0.15, 0.2) is 47.4 Å². The minimum Gasteiger partial charge on any atom is -0.478 e. The van der Waals surface area contributed by atoms with E-state index in [0.29, 0.717) is 4.68 Å². The molecule has 0 saturated carbocycles. The number of benzene rings is 1. The molecule has 0 N–H and O–H groups in total. The van der Waals surface area contributed by atoms with Gasteiger partial charge in [-0.2, -0.15) is 18.3 Å². The van der Waals surface area contributed by atoms with Crippen molar-refractivity contribution in [2.75, 3.05) is 6.61 Å². The van der Waals surface area contributed by atoms with Crippen LogP contribution >= 0.6 is 11.6 Å². The number of nitrogens with zero attached hydrogens (tertiary/aromatic N) is 5. The highest BCUT2D eigenvalue weighted by Gasteiger charge is 2.40. The average Bonchev–Trinajstić information content (AvgIpc) is 3.35. The Kier molecular flexibility index (Phi) is 5.36. The van der Waals surface area contributed by atoms with E-state index in [1.807, 2.05) is 0 Å². The van der Waals surface area contributed by atoms with Gasteiger partial charge in [-0.05, 0) is 19.1 Å². The first-order valence-electron chi connectivity index (χ1n) is 8.81. The van der Waals surface area contributed by atoms with Crippen LogP contribution in [0.3, 0.4) is 0 Å². The van der Waals surface area contributed by atoms with Gasteiger partial charge in [0.2, 0.25) is 5.88 Å². The Bertz CT molecular complexity index is 1220. The van der Waals surface area contributed by atoms with Crippen LogP contribution in [0.5, 0.6) is 5.88 Å². The normalized spacial score (nSPS) is 11.7. The van der Waals surface area contributed by atoms with E-state index in [0.717, 1.165) is 24.7 Å². The first-order valence-corrected chi connectivity index (χ1v) is 9.19. The van der Waals surface area contributed by atoms with Gasteiger partial charge in [0.15, 0.2) is 17.3 Å². The van der Waals surface area contributed by atoms with Crippen molar-refractivity contribution in [3.63, 3.8) is 0 Å². The lowest BCUT2D eigenvalue weighted by Gasteiger charge is -2.11. The second kappa shape index (κ2) is 7.99. The minimum atomic E-state index is -4.83. The third kappa shape index (κ3) is 3.96. The van der Waals surface area contributed by atoms with Crippen LogP contribution in [0, 0.1) is 5.82 Å². The third-order valence-electron chi connectivity index (χ3n) is 4.17. The number of hydrogen-bond acceptors (Lipinski definition) is 6. The van der Waals surface area contributed by atoms with Gasteiger partial charge >= 0.3 is 6.18 Å². The van der Waals surface area contributed by atoms with E-state index < -0.39 is 23.3 Å². The quantitative estimate of drug-likeness (QED) is 0.387. The summed E-state index contributed by atoms with van der Waals surface area (Å²) in [5, 5.41) is 7.53. The van der Waals surface area contributed by atoms with Crippen LogP contribution in [-0.4, -0.2) is 31.5 Å². The van der Waals surface area contributed by atoms with E-state index in [9.17, 15) is 17.6 Å². The summed E-state index contributed by atoms with van der Waals surface area (Å²) < 4.78 is 66.9. The molecule has 0 aliphatic rings. The number of hydrogen-bond donors (Lipinski definition) is 0. The Morgan fingerprint density at radius 1 is 1.19 bits per heavy atom. The molecule has 4 aromatic rings. The van der Waals surface area contributed by atoms with Crippen molar-refractivity contribution >= 4 is 11.6 Å². The molecule has 0 aliphatic carbocycles. The molecule has 0 atom stereocenters. The Labute approximate surface area is 177 Å². The van der Waals surface area contributed by atoms with Gasteiger partial charge in [-0.15, -0.1) is 0 Å². The molecule has 0 aliphatic heterocycles. The Morgan fingerprint density at radius 3 is 2.71 bits per heavy atom. The molecule has 0 bridgehead atoms. The molecular weight excluding hydrogens is 442 g/mol. The average molecular weight is 454 g/mol. The number of rotatable bonds is 5. The number of ether oxygens (including phenoxy) is 1. The summed E-state index contributed by atoms with van der Waals surface area (Å²) in [7, 11) is 0. The van der Waals surface area contributed by atoms with Gasteiger partial charge in [0.1, 0.15) is 17.8 Å². The van der Waals surface area contributed by atoms with E-state index in [4.69, 9.17) is 20.9 Å². The van der Waals surface area contributed by atoms with Gasteiger partial charge in [0.05, 0.1) is 29.0 Å². The van der Waals surface area contributed by atoms with Gasteiger partial charge in [-0.25, -0.2) is 19.0 Å². The molecule has 0 fully saturated rings. The van der Waals surface area contributed by atoms with Crippen molar-refractivity contribution in [3.8, 4) is 34.3 Å². The Hall–Kier alpha value is -3.47. The van der Waals surface area contributed by atoms with Crippen molar-refractivity contribution < 1.29 is 26.8 Å². The lowest BCUT2D eigenvalue weighted by Crippen LogP contribution is -2.15. The maximum Gasteiger partial charge on any atom is 0.434 e. The fourth-order valence-electron chi connectivity index (χ4n) is 2.91. The standard InChI is InChI=1S/C19H12ClF4N5O2/c1-2-30-16-7-15(25-9-26-16)29-18(19(22,23)24)10(8-27-29)14-6-13(28-31-14)17-11(20)4-3-5-12(17)21/h3-9H,2H2,1H3. The third-order valence-corrected chi connectivity index (χ3v) is 4.48. The predicted octanol–water partition coefficient (Wildman–Crippen LogP) is 5.19. The van der Waals surface area contributed by atoms with Gasteiger partial charge in [-0.1, -0.05) is 22.8 Å². The molecule has 12 heteroatoms. The molecule has 0 spiro atoms. The van der Waals surface area contributed by atoms with E-state index in [2.05, 4.69) is 20.2 Å². The smallest absolute Gasteiger partial charge is 0.434 e. The van der Waals surface area contributed by atoms with Gasteiger partial charge in [-0.3, -0.25) is 0 Å². The molecule has 3 aromatic heterocycles. The molecule has 0 unspecified atom stereocenters. The van der Waals surface area contributed by atoms with E-state index in [1.165, 1.54) is 18.2 Å². The summed E-state index contributed by atoms with van der Waals surface area (Å²) in [5.41, 5.74) is -1.71. The summed E-state index contributed by atoms with van der Waals surface area (Å²) in [6.07, 6.45) is -2.81. The fraction of sp³-hybridized carbons (Fsp3) is 0.158. The molecular formula is C19H12ClF4N5O2. The maximum atomic E-state index is 14.2. The molecule has 0 amide bonds. The lowest BCUT2D eigenvalue weighted by atomic mass is 10.1. The molecule has 31 heavy (non-hydrogen) atoms. The van der Waals surface area contributed by atoms with Crippen molar-refractivity contribution in [2.45, 2.75) is 13.1 Å². The molecule has 0 radical (unpaired) electrons. The SMILES string of the molecule is CCOc1cc(-n2ncc(-c3cc(-c4c(F)cccc4Cl)no3)c2C(F)(F)F)ncn1. The van der Waals surface area contributed by atoms with Crippen LogP contribution in [0.25, 0.3) is 28.4 Å². The van der Waals surface area contributed by atoms with E-state index >= 15 is 0 Å². The summed E-state index contributed by atoms with van der Waals surface area (Å²) >= 11 is 6.00. The van der Waals surface area contributed by atoms with Gasteiger partial charge in [0.25, 0.3) is 0 Å². The second-order valence-corrected chi connectivity index (χ2v) is 6.54. The van der Waals surface area contributed by atoms with Crippen LogP contribution in [-0.2, 0) is 6.18 Å². The zero-order valence-electron chi connectivity index (χ0n) is 15.7. The minimum absolute atomic E-state index is 0.0380. The van der Waals surface area contributed by atoms with Crippen LogP contribution in [0.2, 0.25) is 5.02 Å². The number of halogens is 5. The van der Waals surface area contributed by atoms with Crippen molar-refractivity contribution in [3.05, 3.63) is 59.4 Å². The van der Waals surface area contributed by atoms with Crippen LogP contribution < -0.4 is 4.74 Å². The first kappa shape index (κ1) is 20.8. The molecule has 160 valence electrons. The topological polar surface area (TPSA) is 78.9 Å². The molecule has 3 heterocycles. The van der Waals surface area contributed by atoms with Gasteiger partial charge < -0.3 is 9.26 Å². The molecule has 1 aromatic carbocycles. The molecule has 4 rings (SSSR count). The second-order valence-electron chi connectivity index (χ2n) is 6.14. The summed E-state index contributed by atoms with van der Waals surface area (Å²) in [6.45, 7) is 1.98. The van der Waals surface area contributed by atoms with Crippen LogP contribution in [0.1, 0.15) is 12.6 Å². The zero-order chi connectivity index (χ0) is 22.2. The summed E-state index contributed by atoms with van der Waals surface area (Å²) in [6, 6.07) is 6.36. The first-order chi connectivity index (χ1) is 14.8. The highest BCUT2D eigenvalue weighted by atomic mass is 35.5. The van der Waals surface area contributed by atoms with Crippen LogP contribution in [0.4, 0.5) is 17.6 Å². The summed E-state index contributed by atoms with van der Waals surface area (Å²) in [5.74, 6) is -1.03. The van der Waals surface area contributed by atoms with Crippen molar-refractivity contribution in [2.24, 2.45) is 0 Å². The zero-order valence-corrected chi connectivity index (χ0v) is 16.4. The highest BCUT2D eigenvalue weighted by Crippen LogP contribution is 2.40. The number of alkyl halides is 3. The lowest BCUT2D eigenvalue weighted by molar-refractivity contribution is -0.142.